The topological polar surface area (TPSA) is 104 Å². The molecule has 0 aromatic heterocycles. The third-order valence-corrected chi connectivity index (χ3v) is 5.42. The molecule has 2 amide bonds. The van der Waals surface area contributed by atoms with Gasteiger partial charge in [0.15, 0.2) is 9.84 Å². The van der Waals surface area contributed by atoms with Crippen LogP contribution >= 0.6 is 0 Å². The molecule has 0 aromatic rings. The van der Waals surface area contributed by atoms with Crippen LogP contribution in [-0.2, 0) is 19.4 Å². The van der Waals surface area contributed by atoms with Gasteiger partial charge in [-0.1, -0.05) is 0 Å². The molecule has 21 heavy (non-hydrogen) atoms. The van der Waals surface area contributed by atoms with E-state index in [-0.39, 0.29) is 37.1 Å². The minimum absolute atomic E-state index is 0.0350. The van der Waals surface area contributed by atoms with Crippen LogP contribution < -0.4 is 0 Å². The number of carboxylic acids is 1. The fraction of sp³-hybridized carbons (Fsp3) is 0.833. The number of carboxylic acid groups (broad SMARTS) is 1. The molecule has 8 nitrogen and oxygen atoms in total. The van der Waals surface area contributed by atoms with Gasteiger partial charge in [0.1, 0.15) is 0 Å². The maximum atomic E-state index is 12.5. The van der Waals surface area contributed by atoms with Gasteiger partial charge in [-0.15, -0.1) is 0 Å². The van der Waals surface area contributed by atoms with E-state index in [2.05, 4.69) is 0 Å². The number of rotatable bonds is 2. The Morgan fingerprint density at radius 3 is 2.67 bits per heavy atom. The van der Waals surface area contributed by atoms with Gasteiger partial charge in [-0.05, 0) is 6.42 Å². The standard InChI is InChI=1S/C12H20N2O6S/c15-11(16)8-10-9-20-5-3-14(10)12(17)13-2-1-6-21(18,19)7-4-13/h10H,1-9H2,(H,15,16). The van der Waals surface area contributed by atoms with Crippen LogP contribution in [0.15, 0.2) is 0 Å². The number of aliphatic carboxylic acids is 1. The molecule has 0 radical (unpaired) electrons. The van der Waals surface area contributed by atoms with E-state index >= 15 is 0 Å². The third kappa shape index (κ3) is 4.31. The monoisotopic (exact) mass is 320 g/mol. The average molecular weight is 320 g/mol. The Morgan fingerprint density at radius 2 is 1.95 bits per heavy atom. The van der Waals surface area contributed by atoms with Crippen LogP contribution in [0.2, 0.25) is 0 Å². The lowest BCUT2D eigenvalue weighted by Crippen LogP contribution is -2.54. The number of carbonyl (C=O) groups excluding carboxylic acids is 1. The lowest BCUT2D eigenvalue weighted by atomic mass is 10.1. The van der Waals surface area contributed by atoms with E-state index in [1.165, 1.54) is 9.80 Å². The fourth-order valence-electron chi connectivity index (χ4n) is 2.59. The van der Waals surface area contributed by atoms with Gasteiger partial charge in [-0.3, -0.25) is 4.79 Å². The van der Waals surface area contributed by atoms with Crippen LogP contribution in [0, 0.1) is 0 Å². The van der Waals surface area contributed by atoms with Gasteiger partial charge in [0, 0.05) is 19.6 Å². The second-order valence-electron chi connectivity index (χ2n) is 5.29. The molecular formula is C12H20N2O6S. The molecule has 0 bridgehead atoms. The Balaban J connectivity index is 2.04. The van der Waals surface area contributed by atoms with Crippen molar-refractivity contribution in [2.45, 2.75) is 18.9 Å². The fourth-order valence-corrected chi connectivity index (χ4v) is 3.86. The van der Waals surface area contributed by atoms with Crippen molar-refractivity contribution in [1.29, 1.82) is 0 Å². The van der Waals surface area contributed by atoms with Crippen molar-refractivity contribution in [3.63, 3.8) is 0 Å². The lowest BCUT2D eigenvalue weighted by molar-refractivity contribution is -0.139. The SMILES string of the molecule is O=C(O)CC1COCCN1C(=O)N1CCCS(=O)(=O)CC1. The molecule has 0 saturated carbocycles. The van der Waals surface area contributed by atoms with Crippen molar-refractivity contribution in [2.75, 3.05) is 44.4 Å². The second kappa shape index (κ2) is 6.61. The number of carbonyl (C=O) groups is 2. The molecule has 0 spiro atoms. The number of hydrogen-bond donors (Lipinski definition) is 1. The highest BCUT2D eigenvalue weighted by Crippen LogP contribution is 2.15. The summed E-state index contributed by atoms with van der Waals surface area (Å²) in [7, 11) is -3.08. The molecule has 2 saturated heterocycles. The maximum absolute atomic E-state index is 12.5. The Kier molecular flexibility index (Phi) is 5.04. The molecule has 2 aliphatic heterocycles. The number of morpholine rings is 1. The normalized spacial score (nSPS) is 26.2. The van der Waals surface area contributed by atoms with E-state index in [0.29, 0.717) is 26.1 Å². The zero-order valence-electron chi connectivity index (χ0n) is 11.7. The quantitative estimate of drug-likeness (QED) is 0.729. The molecule has 1 N–H and O–H groups in total. The number of amides is 2. The van der Waals surface area contributed by atoms with Crippen molar-refractivity contribution in [3.8, 4) is 0 Å². The Hall–Kier alpha value is -1.35. The molecule has 2 fully saturated rings. The van der Waals surface area contributed by atoms with Crippen molar-refractivity contribution in [3.05, 3.63) is 0 Å². The molecule has 2 aliphatic rings. The minimum Gasteiger partial charge on any atom is -0.481 e. The average Bonchev–Trinajstić information content (AvgIpc) is 2.59. The van der Waals surface area contributed by atoms with Gasteiger partial charge < -0.3 is 19.6 Å². The van der Waals surface area contributed by atoms with Gasteiger partial charge in [-0.2, -0.15) is 0 Å². The van der Waals surface area contributed by atoms with Crippen LogP contribution in [0.1, 0.15) is 12.8 Å². The molecule has 1 atom stereocenters. The first-order chi connectivity index (χ1) is 9.89. The van der Waals surface area contributed by atoms with Crippen molar-refractivity contribution < 1.29 is 27.9 Å². The van der Waals surface area contributed by atoms with Crippen molar-refractivity contribution in [1.82, 2.24) is 9.80 Å². The highest BCUT2D eigenvalue weighted by atomic mass is 32.2. The highest BCUT2D eigenvalue weighted by Gasteiger charge is 2.33. The minimum atomic E-state index is -3.08. The van der Waals surface area contributed by atoms with Gasteiger partial charge in [0.2, 0.25) is 0 Å². The summed E-state index contributed by atoms with van der Waals surface area (Å²) in [5.41, 5.74) is 0. The summed E-state index contributed by atoms with van der Waals surface area (Å²) >= 11 is 0. The van der Waals surface area contributed by atoms with Crippen LogP contribution in [0.4, 0.5) is 4.79 Å². The summed E-state index contributed by atoms with van der Waals surface area (Å²) in [6, 6.07) is -0.787. The Labute approximate surface area is 123 Å². The number of hydrogen-bond acceptors (Lipinski definition) is 5. The zero-order chi connectivity index (χ0) is 15.5. The Bertz CT molecular complexity index is 506. The first kappa shape index (κ1) is 16.0. The molecule has 2 rings (SSSR count). The molecule has 1 unspecified atom stereocenters. The van der Waals surface area contributed by atoms with Gasteiger partial charge >= 0.3 is 12.0 Å². The summed E-state index contributed by atoms with van der Waals surface area (Å²) in [5, 5.41) is 8.90. The Morgan fingerprint density at radius 1 is 1.19 bits per heavy atom. The van der Waals surface area contributed by atoms with Crippen LogP contribution in [0.5, 0.6) is 0 Å². The number of nitrogens with zero attached hydrogens (tertiary/aromatic N) is 2. The number of ether oxygens (including phenoxy) is 1. The maximum Gasteiger partial charge on any atom is 0.320 e. The van der Waals surface area contributed by atoms with Crippen LogP contribution in [0.3, 0.4) is 0 Å². The zero-order valence-corrected chi connectivity index (χ0v) is 12.5. The molecule has 2 heterocycles. The summed E-state index contributed by atoms with van der Waals surface area (Å²) in [6.45, 7) is 1.45. The molecule has 0 aliphatic carbocycles. The van der Waals surface area contributed by atoms with Crippen molar-refractivity contribution >= 4 is 21.8 Å². The summed E-state index contributed by atoms with van der Waals surface area (Å²) in [6.07, 6.45) is 0.250. The predicted molar refractivity (Wildman–Crippen MR) is 73.8 cm³/mol. The van der Waals surface area contributed by atoms with E-state index < -0.39 is 21.8 Å². The smallest absolute Gasteiger partial charge is 0.320 e. The second-order valence-corrected chi connectivity index (χ2v) is 7.60. The first-order valence-corrected chi connectivity index (χ1v) is 8.77. The van der Waals surface area contributed by atoms with E-state index in [4.69, 9.17) is 9.84 Å². The predicted octanol–water partition coefficient (Wildman–Crippen LogP) is -0.598. The summed E-state index contributed by atoms with van der Waals surface area (Å²) in [4.78, 5) is 26.4. The summed E-state index contributed by atoms with van der Waals surface area (Å²) in [5.74, 6) is -0.924. The van der Waals surface area contributed by atoms with Crippen LogP contribution in [-0.4, -0.2) is 85.7 Å². The summed E-state index contributed by atoms with van der Waals surface area (Å²) < 4.78 is 28.4. The van der Waals surface area contributed by atoms with Gasteiger partial charge in [0.25, 0.3) is 0 Å². The number of urea groups is 1. The van der Waals surface area contributed by atoms with E-state index in [1.807, 2.05) is 0 Å². The number of sulfone groups is 1. The van der Waals surface area contributed by atoms with Gasteiger partial charge in [-0.25, -0.2) is 13.2 Å². The highest BCUT2D eigenvalue weighted by molar-refractivity contribution is 7.91. The third-order valence-electron chi connectivity index (χ3n) is 3.71. The first-order valence-electron chi connectivity index (χ1n) is 6.94. The lowest BCUT2D eigenvalue weighted by Gasteiger charge is -2.38. The molecular weight excluding hydrogens is 300 g/mol. The molecule has 9 heteroatoms. The van der Waals surface area contributed by atoms with E-state index in [0.717, 1.165) is 0 Å². The van der Waals surface area contributed by atoms with Crippen LogP contribution in [0.25, 0.3) is 0 Å². The van der Waals surface area contributed by atoms with E-state index in [9.17, 15) is 18.0 Å². The van der Waals surface area contributed by atoms with Gasteiger partial charge in [0.05, 0.1) is 37.2 Å². The molecule has 0 aromatic carbocycles. The van der Waals surface area contributed by atoms with Crippen molar-refractivity contribution in [2.24, 2.45) is 0 Å². The molecule has 120 valence electrons. The largest absolute Gasteiger partial charge is 0.481 e. The van der Waals surface area contributed by atoms with E-state index in [1.54, 1.807) is 0 Å².